The predicted octanol–water partition coefficient (Wildman–Crippen LogP) is 4.45. The molecule has 0 aliphatic carbocycles. The summed E-state index contributed by atoms with van der Waals surface area (Å²) in [6.45, 7) is 12.7. The highest BCUT2D eigenvalue weighted by atomic mass is 16.1. The molecular weight excluding hydrogens is 258 g/mol. The molecule has 1 aromatic carbocycles. The number of hydrogen-bond acceptors (Lipinski definition) is 2. The Morgan fingerprint density at radius 2 is 1.62 bits per heavy atom. The lowest BCUT2D eigenvalue weighted by Gasteiger charge is -2.42. The van der Waals surface area contributed by atoms with E-state index < -0.39 is 0 Å². The Labute approximate surface area is 129 Å². The highest BCUT2D eigenvalue weighted by Gasteiger charge is 2.39. The monoisotopic (exact) mass is 287 g/mol. The van der Waals surface area contributed by atoms with Crippen molar-refractivity contribution < 1.29 is 4.79 Å². The number of carbonyl (C=O) groups is 1. The quantitative estimate of drug-likeness (QED) is 0.763. The fourth-order valence-corrected chi connectivity index (χ4v) is 3.41. The first-order valence-corrected chi connectivity index (χ1v) is 8.28. The third-order valence-electron chi connectivity index (χ3n) is 5.32. The van der Waals surface area contributed by atoms with Crippen LogP contribution in [0.2, 0.25) is 0 Å². The molecule has 1 aromatic rings. The number of rotatable bonds is 4. The van der Waals surface area contributed by atoms with E-state index >= 15 is 0 Å². The van der Waals surface area contributed by atoms with E-state index in [0.29, 0.717) is 5.78 Å². The van der Waals surface area contributed by atoms with Gasteiger partial charge in [0.25, 0.3) is 0 Å². The average molecular weight is 287 g/mol. The van der Waals surface area contributed by atoms with Crippen molar-refractivity contribution in [1.82, 2.24) is 4.90 Å². The minimum atomic E-state index is -0.354. The van der Waals surface area contributed by atoms with Crippen LogP contribution in [0.5, 0.6) is 0 Å². The molecule has 0 radical (unpaired) electrons. The van der Waals surface area contributed by atoms with E-state index in [4.69, 9.17) is 0 Å². The summed E-state index contributed by atoms with van der Waals surface area (Å²) in [7, 11) is 0. The summed E-state index contributed by atoms with van der Waals surface area (Å²) < 4.78 is 0. The lowest BCUT2D eigenvalue weighted by molar-refractivity contribution is 0.0505. The molecule has 0 amide bonds. The Kier molecular flexibility index (Phi) is 4.88. The maximum atomic E-state index is 13.2. The van der Waals surface area contributed by atoms with Gasteiger partial charge < -0.3 is 0 Å². The van der Waals surface area contributed by atoms with Crippen LogP contribution in [0, 0.1) is 20.8 Å². The van der Waals surface area contributed by atoms with Gasteiger partial charge in [-0.15, -0.1) is 0 Å². The Balaban J connectivity index is 2.37. The highest BCUT2D eigenvalue weighted by Crippen LogP contribution is 2.30. The standard InChI is InChI=1S/C19H29NO/c1-6-19(5,20-10-8-7-9-11-20)18(21)17-13-15(3)14(2)12-16(17)4/h12-13H,6-11H2,1-5H3. The Morgan fingerprint density at radius 1 is 1.05 bits per heavy atom. The van der Waals surface area contributed by atoms with Crippen LogP contribution in [0.3, 0.4) is 0 Å². The molecule has 0 saturated carbocycles. The van der Waals surface area contributed by atoms with Crippen LogP contribution in [0.4, 0.5) is 0 Å². The molecule has 21 heavy (non-hydrogen) atoms. The summed E-state index contributed by atoms with van der Waals surface area (Å²) in [6, 6.07) is 4.24. The molecule has 1 saturated heterocycles. The van der Waals surface area contributed by atoms with E-state index in [1.807, 2.05) is 0 Å². The topological polar surface area (TPSA) is 20.3 Å². The van der Waals surface area contributed by atoms with Gasteiger partial charge in [0.15, 0.2) is 5.78 Å². The van der Waals surface area contributed by atoms with Crippen LogP contribution in [-0.4, -0.2) is 29.3 Å². The molecule has 1 heterocycles. The molecule has 0 aromatic heterocycles. The lowest BCUT2D eigenvalue weighted by atomic mass is 9.83. The summed E-state index contributed by atoms with van der Waals surface area (Å²) in [5, 5.41) is 0. The number of nitrogens with zero attached hydrogens (tertiary/aromatic N) is 1. The average Bonchev–Trinajstić information content (AvgIpc) is 2.50. The van der Waals surface area contributed by atoms with E-state index in [2.05, 4.69) is 51.7 Å². The van der Waals surface area contributed by atoms with Crippen molar-refractivity contribution in [3.63, 3.8) is 0 Å². The Bertz CT molecular complexity index is 529. The maximum absolute atomic E-state index is 13.2. The number of hydrogen-bond donors (Lipinski definition) is 0. The number of ketones is 1. The summed E-state index contributed by atoms with van der Waals surface area (Å²) in [5.41, 5.74) is 4.14. The summed E-state index contributed by atoms with van der Waals surface area (Å²) in [5.74, 6) is 0.299. The minimum absolute atomic E-state index is 0.299. The van der Waals surface area contributed by atoms with Gasteiger partial charge in [0.05, 0.1) is 5.54 Å². The SMILES string of the molecule is CCC(C)(C(=O)c1cc(C)c(C)cc1C)N1CCCCC1. The van der Waals surface area contributed by atoms with Gasteiger partial charge in [0, 0.05) is 5.56 Å². The first-order valence-electron chi connectivity index (χ1n) is 8.28. The van der Waals surface area contributed by atoms with Crippen LogP contribution in [-0.2, 0) is 0 Å². The van der Waals surface area contributed by atoms with Crippen LogP contribution >= 0.6 is 0 Å². The van der Waals surface area contributed by atoms with Gasteiger partial charge in [-0.1, -0.05) is 19.4 Å². The van der Waals surface area contributed by atoms with Crippen molar-refractivity contribution in [2.45, 2.75) is 65.8 Å². The van der Waals surface area contributed by atoms with E-state index in [-0.39, 0.29) is 5.54 Å². The van der Waals surface area contributed by atoms with Crippen molar-refractivity contribution in [1.29, 1.82) is 0 Å². The number of aryl methyl sites for hydroxylation is 3. The molecule has 2 rings (SSSR count). The number of benzene rings is 1. The second-order valence-electron chi connectivity index (χ2n) is 6.76. The van der Waals surface area contributed by atoms with Crippen molar-refractivity contribution in [2.24, 2.45) is 0 Å². The zero-order chi connectivity index (χ0) is 15.6. The second-order valence-corrected chi connectivity index (χ2v) is 6.76. The molecule has 1 aliphatic rings. The molecule has 116 valence electrons. The molecule has 0 bridgehead atoms. The van der Waals surface area contributed by atoms with Gasteiger partial charge in [-0.3, -0.25) is 9.69 Å². The van der Waals surface area contributed by atoms with Crippen molar-refractivity contribution in [3.8, 4) is 0 Å². The molecule has 2 heteroatoms. The largest absolute Gasteiger partial charge is 0.292 e. The first kappa shape index (κ1) is 16.2. The van der Waals surface area contributed by atoms with E-state index in [0.717, 1.165) is 30.6 Å². The predicted molar refractivity (Wildman–Crippen MR) is 89.1 cm³/mol. The smallest absolute Gasteiger partial charge is 0.183 e. The minimum Gasteiger partial charge on any atom is -0.292 e. The number of piperidine rings is 1. The molecule has 1 atom stereocenters. The normalized spacial score (nSPS) is 19.3. The molecular formula is C19H29NO. The third-order valence-corrected chi connectivity index (χ3v) is 5.32. The molecule has 0 N–H and O–H groups in total. The van der Waals surface area contributed by atoms with Crippen molar-refractivity contribution in [3.05, 3.63) is 34.4 Å². The van der Waals surface area contributed by atoms with Crippen LogP contribution in [0.25, 0.3) is 0 Å². The van der Waals surface area contributed by atoms with Crippen molar-refractivity contribution in [2.75, 3.05) is 13.1 Å². The van der Waals surface area contributed by atoms with E-state index in [9.17, 15) is 4.79 Å². The number of Topliss-reactive ketones (excluding diaryl/α,β-unsaturated/α-hetero) is 1. The molecule has 2 nitrogen and oxygen atoms in total. The summed E-state index contributed by atoms with van der Waals surface area (Å²) in [6.07, 6.45) is 4.61. The third kappa shape index (κ3) is 3.06. The molecule has 1 fully saturated rings. The van der Waals surface area contributed by atoms with E-state index in [1.165, 1.54) is 30.4 Å². The van der Waals surface area contributed by atoms with Crippen LogP contribution < -0.4 is 0 Å². The number of carbonyl (C=O) groups excluding carboxylic acids is 1. The Morgan fingerprint density at radius 3 is 2.19 bits per heavy atom. The van der Waals surface area contributed by atoms with Gasteiger partial charge in [-0.25, -0.2) is 0 Å². The number of likely N-dealkylation sites (tertiary alicyclic amines) is 1. The van der Waals surface area contributed by atoms with Crippen LogP contribution in [0.1, 0.15) is 66.6 Å². The van der Waals surface area contributed by atoms with Gasteiger partial charge in [-0.05, 0) is 82.8 Å². The van der Waals surface area contributed by atoms with Crippen LogP contribution in [0.15, 0.2) is 12.1 Å². The zero-order valence-corrected chi connectivity index (χ0v) is 14.3. The lowest BCUT2D eigenvalue weighted by Crippen LogP contribution is -2.54. The molecule has 1 aliphatic heterocycles. The van der Waals surface area contributed by atoms with Gasteiger partial charge in [-0.2, -0.15) is 0 Å². The van der Waals surface area contributed by atoms with Crippen molar-refractivity contribution >= 4 is 5.78 Å². The second kappa shape index (κ2) is 6.31. The fraction of sp³-hybridized carbons (Fsp3) is 0.632. The van der Waals surface area contributed by atoms with Gasteiger partial charge >= 0.3 is 0 Å². The molecule has 0 spiro atoms. The molecule has 1 unspecified atom stereocenters. The highest BCUT2D eigenvalue weighted by molar-refractivity contribution is 6.04. The van der Waals surface area contributed by atoms with Gasteiger partial charge in [0.1, 0.15) is 0 Å². The first-order chi connectivity index (χ1) is 9.90. The summed E-state index contributed by atoms with van der Waals surface area (Å²) in [4.78, 5) is 15.6. The summed E-state index contributed by atoms with van der Waals surface area (Å²) >= 11 is 0. The Hall–Kier alpha value is -1.15. The zero-order valence-electron chi connectivity index (χ0n) is 14.3. The maximum Gasteiger partial charge on any atom is 0.183 e. The van der Waals surface area contributed by atoms with E-state index in [1.54, 1.807) is 0 Å². The fourth-order valence-electron chi connectivity index (χ4n) is 3.41. The van der Waals surface area contributed by atoms with Gasteiger partial charge in [0.2, 0.25) is 0 Å².